The lowest BCUT2D eigenvalue weighted by molar-refractivity contribution is -0.113. The Morgan fingerprint density at radius 2 is 2.15 bits per heavy atom. The highest BCUT2D eigenvalue weighted by atomic mass is 32.2. The average Bonchev–Trinajstić information content (AvgIpc) is 3.20. The third-order valence-corrected chi connectivity index (χ3v) is 6.52. The van der Waals surface area contributed by atoms with E-state index in [1.165, 1.54) is 35.0 Å². The van der Waals surface area contributed by atoms with Gasteiger partial charge in [0.15, 0.2) is 14.6 Å². The van der Waals surface area contributed by atoms with E-state index in [9.17, 15) is 13.2 Å². The molecule has 1 amide bonds. The predicted octanol–water partition coefficient (Wildman–Crippen LogP) is 3.49. The number of rotatable bonds is 5. The standard InChI is InChI=1S/C18H16N2O3S3/c1-3-10-20-15-8-7-14(26(2,22)23)12-16(15)25-18(20)19-17(21)9-6-13-5-4-11-24-13/h3-9,11-12H,1,10H2,2H3/b9-6+,19-18?. The van der Waals surface area contributed by atoms with Gasteiger partial charge in [-0.3, -0.25) is 4.79 Å². The summed E-state index contributed by atoms with van der Waals surface area (Å²) in [6.07, 6.45) is 6.03. The number of sulfone groups is 1. The van der Waals surface area contributed by atoms with Crippen LogP contribution in [0.5, 0.6) is 0 Å². The lowest BCUT2D eigenvalue weighted by Gasteiger charge is -2.02. The van der Waals surface area contributed by atoms with Gasteiger partial charge in [0.05, 0.1) is 15.1 Å². The van der Waals surface area contributed by atoms with E-state index in [1.54, 1.807) is 30.4 Å². The van der Waals surface area contributed by atoms with Crippen molar-refractivity contribution in [2.75, 3.05) is 6.26 Å². The second-order valence-corrected chi connectivity index (χ2v) is 9.49. The molecule has 2 heterocycles. The number of thiazole rings is 1. The SMILES string of the molecule is C=CCn1c(=NC(=O)/C=C/c2cccs2)sc2cc(S(C)(=O)=O)ccc21. The molecule has 26 heavy (non-hydrogen) atoms. The maximum absolute atomic E-state index is 12.2. The zero-order valence-corrected chi connectivity index (χ0v) is 16.4. The summed E-state index contributed by atoms with van der Waals surface area (Å²) in [5, 5.41) is 1.94. The van der Waals surface area contributed by atoms with Crippen molar-refractivity contribution in [1.29, 1.82) is 0 Å². The van der Waals surface area contributed by atoms with Crippen molar-refractivity contribution in [3.8, 4) is 0 Å². The third kappa shape index (κ3) is 4.09. The van der Waals surface area contributed by atoms with Gasteiger partial charge in [-0.05, 0) is 35.7 Å². The van der Waals surface area contributed by atoms with E-state index in [1.807, 2.05) is 22.1 Å². The summed E-state index contributed by atoms with van der Waals surface area (Å²) in [4.78, 5) is 18.1. The molecule has 5 nitrogen and oxygen atoms in total. The smallest absolute Gasteiger partial charge is 0.272 e. The molecular formula is C18H16N2O3S3. The molecule has 0 aliphatic rings. The molecule has 3 aromatic rings. The largest absolute Gasteiger partial charge is 0.312 e. The Morgan fingerprint density at radius 3 is 2.81 bits per heavy atom. The van der Waals surface area contributed by atoms with E-state index < -0.39 is 9.84 Å². The van der Waals surface area contributed by atoms with Gasteiger partial charge >= 0.3 is 0 Å². The fraction of sp³-hybridized carbons (Fsp3) is 0.111. The molecule has 0 aliphatic carbocycles. The van der Waals surface area contributed by atoms with Crippen LogP contribution < -0.4 is 4.80 Å². The number of nitrogens with zero attached hydrogens (tertiary/aromatic N) is 2. The van der Waals surface area contributed by atoms with Gasteiger partial charge in [-0.2, -0.15) is 4.99 Å². The molecule has 8 heteroatoms. The number of allylic oxidation sites excluding steroid dienone is 1. The minimum atomic E-state index is -3.30. The van der Waals surface area contributed by atoms with Crippen LogP contribution in [0.15, 0.2) is 64.3 Å². The van der Waals surface area contributed by atoms with Crippen LogP contribution in [0.1, 0.15) is 4.88 Å². The molecule has 0 unspecified atom stereocenters. The average molecular weight is 405 g/mol. The Morgan fingerprint density at radius 1 is 1.35 bits per heavy atom. The first kappa shape index (κ1) is 18.5. The Bertz CT molecular complexity index is 1160. The van der Waals surface area contributed by atoms with Crippen LogP contribution in [0.2, 0.25) is 0 Å². The van der Waals surface area contributed by atoms with Crippen LogP contribution in [-0.4, -0.2) is 25.1 Å². The highest BCUT2D eigenvalue weighted by Gasteiger charge is 2.12. The van der Waals surface area contributed by atoms with Crippen molar-refractivity contribution < 1.29 is 13.2 Å². The van der Waals surface area contributed by atoms with Gasteiger partial charge in [0.1, 0.15) is 0 Å². The number of amides is 1. The first-order valence-corrected chi connectivity index (χ1v) is 11.2. The Labute approximate surface area is 159 Å². The van der Waals surface area contributed by atoms with Gasteiger partial charge < -0.3 is 4.57 Å². The molecule has 0 bridgehead atoms. The fourth-order valence-electron chi connectivity index (χ4n) is 2.35. The van der Waals surface area contributed by atoms with E-state index in [4.69, 9.17) is 0 Å². The van der Waals surface area contributed by atoms with E-state index in [0.717, 1.165) is 15.1 Å². The van der Waals surface area contributed by atoms with Gasteiger partial charge in [-0.25, -0.2) is 8.42 Å². The fourth-order valence-corrected chi connectivity index (χ4v) is 4.77. The summed E-state index contributed by atoms with van der Waals surface area (Å²) in [6, 6.07) is 8.73. The summed E-state index contributed by atoms with van der Waals surface area (Å²) in [7, 11) is -3.30. The summed E-state index contributed by atoms with van der Waals surface area (Å²) < 4.78 is 26.1. The van der Waals surface area contributed by atoms with Crippen molar-refractivity contribution in [3.05, 3.63) is 64.1 Å². The first-order valence-electron chi connectivity index (χ1n) is 7.63. The highest BCUT2D eigenvalue weighted by molar-refractivity contribution is 7.90. The number of hydrogen-bond donors (Lipinski definition) is 0. The second-order valence-electron chi connectivity index (χ2n) is 5.48. The minimum Gasteiger partial charge on any atom is -0.312 e. The number of thiophene rings is 1. The second kappa shape index (κ2) is 7.53. The molecule has 134 valence electrons. The zero-order chi connectivity index (χ0) is 18.7. The number of carbonyl (C=O) groups excluding carboxylic acids is 1. The van der Waals surface area contributed by atoms with E-state index in [0.29, 0.717) is 11.3 Å². The van der Waals surface area contributed by atoms with Gasteiger partial charge in [-0.15, -0.1) is 17.9 Å². The number of aromatic nitrogens is 1. The topological polar surface area (TPSA) is 68.5 Å². The van der Waals surface area contributed by atoms with E-state index >= 15 is 0 Å². The molecule has 0 atom stereocenters. The molecule has 0 spiro atoms. The molecule has 0 saturated heterocycles. The molecule has 2 aromatic heterocycles. The zero-order valence-electron chi connectivity index (χ0n) is 14.0. The number of benzene rings is 1. The van der Waals surface area contributed by atoms with Gasteiger partial charge in [-0.1, -0.05) is 23.5 Å². The molecule has 0 aliphatic heterocycles. The van der Waals surface area contributed by atoms with Crippen molar-refractivity contribution >= 4 is 54.7 Å². The third-order valence-electron chi connectivity index (χ3n) is 3.53. The lowest BCUT2D eigenvalue weighted by Crippen LogP contribution is -2.15. The van der Waals surface area contributed by atoms with Crippen LogP contribution in [-0.2, 0) is 21.2 Å². The van der Waals surface area contributed by atoms with Crippen molar-refractivity contribution in [2.24, 2.45) is 4.99 Å². The predicted molar refractivity (Wildman–Crippen MR) is 107 cm³/mol. The van der Waals surface area contributed by atoms with Crippen molar-refractivity contribution in [2.45, 2.75) is 11.4 Å². The summed E-state index contributed by atoms with van der Waals surface area (Å²) in [5.41, 5.74) is 0.816. The van der Waals surface area contributed by atoms with E-state index in [2.05, 4.69) is 11.6 Å². The molecule has 0 fully saturated rings. The van der Waals surface area contributed by atoms with Gasteiger partial charge in [0.25, 0.3) is 5.91 Å². The summed E-state index contributed by atoms with van der Waals surface area (Å²) in [6.45, 7) is 4.21. The summed E-state index contributed by atoms with van der Waals surface area (Å²) in [5.74, 6) is -0.369. The molecular weight excluding hydrogens is 388 g/mol. The van der Waals surface area contributed by atoms with Gasteiger partial charge in [0.2, 0.25) is 0 Å². The van der Waals surface area contributed by atoms with Gasteiger partial charge in [0, 0.05) is 23.8 Å². The Balaban J connectivity index is 2.07. The Hall–Kier alpha value is -2.29. The molecule has 0 saturated carbocycles. The monoisotopic (exact) mass is 404 g/mol. The van der Waals surface area contributed by atoms with Crippen molar-refractivity contribution in [3.63, 3.8) is 0 Å². The molecule has 3 rings (SSSR count). The number of hydrogen-bond acceptors (Lipinski definition) is 5. The molecule has 0 N–H and O–H groups in total. The molecule has 0 radical (unpaired) electrons. The lowest BCUT2D eigenvalue weighted by atomic mass is 10.3. The quantitative estimate of drug-likeness (QED) is 0.483. The number of fused-ring (bicyclic) bond motifs is 1. The van der Waals surface area contributed by atoms with Crippen molar-refractivity contribution in [1.82, 2.24) is 4.57 Å². The minimum absolute atomic E-state index is 0.243. The maximum Gasteiger partial charge on any atom is 0.272 e. The number of carbonyl (C=O) groups is 1. The van der Waals surface area contributed by atoms with E-state index in [-0.39, 0.29) is 10.8 Å². The molecule has 1 aromatic carbocycles. The van der Waals surface area contributed by atoms with Crippen LogP contribution in [0.3, 0.4) is 0 Å². The normalized spacial score (nSPS) is 12.9. The maximum atomic E-state index is 12.2. The Kier molecular flexibility index (Phi) is 5.36. The van der Waals surface area contributed by atoms with Crippen LogP contribution in [0, 0.1) is 0 Å². The highest BCUT2D eigenvalue weighted by Crippen LogP contribution is 2.22. The van der Waals surface area contributed by atoms with Crippen LogP contribution in [0.25, 0.3) is 16.3 Å². The van der Waals surface area contributed by atoms with Crippen LogP contribution in [0.4, 0.5) is 0 Å². The first-order chi connectivity index (χ1) is 12.4. The summed E-state index contributed by atoms with van der Waals surface area (Å²) >= 11 is 2.81. The van der Waals surface area contributed by atoms with Crippen LogP contribution >= 0.6 is 22.7 Å².